The smallest absolute Gasteiger partial charge is 0.251 e. The van der Waals surface area contributed by atoms with Crippen molar-refractivity contribution in [3.63, 3.8) is 0 Å². The van der Waals surface area contributed by atoms with Crippen molar-refractivity contribution >= 4 is 5.91 Å². The van der Waals surface area contributed by atoms with Crippen LogP contribution in [0.4, 0.5) is 0 Å². The second kappa shape index (κ2) is 8.07. The lowest BCUT2D eigenvalue weighted by atomic mass is 9.99. The molecule has 2 N–H and O–H groups in total. The second-order valence-corrected chi connectivity index (χ2v) is 6.56. The number of nitrogens with one attached hydrogen (secondary N) is 2. The number of nitrogens with zero attached hydrogens (tertiary/aromatic N) is 2. The summed E-state index contributed by atoms with van der Waals surface area (Å²) in [6.45, 7) is 4.54. The predicted octanol–water partition coefficient (Wildman–Crippen LogP) is 1.23. The minimum Gasteiger partial charge on any atom is -0.355 e. The van der Waals surface area contributed by atoms with Crippen molar-refractivity contribution in [3.05, 3.63) is 63.8 Å². The first-order chi connectivity index (χ1) is 12.1. The largest absolute Gasteiger partial charge is 0.355 e. The van der Waals surface area contributed by atoms with Gasteiger partial charge in [0.1, 0.15) is 5.82 Å². The number of carbonyl (C=O) groups is 1. The molecule has 1 fully saturated rings. The number of aromatic amines is 1. The van der Waals surface area contributed by atoms with Crippen LogP contribution in [0, 0.1) is 6.92 Å². The molecule has 1 aromatic heterocycles. The number of hydrogen-bond acceptors (Lipinski definition) is 4. The van der Waals surface area contributed by atoms with E-state index in [9.17, 15) is 9.59 Å². The first-order valence-corrected chi connectivity index (χ1v) is 8.71. The number of hydrogen-bond donors (Lipinski definition) is 2. The molecule has 0 unspecified atom stereocenters. The Bertz CT molecular complexity index is 772. The van der Waals surface area contributed by atoms with E-state index in [1.165, 1.54) is 11.6 Å². The highest BCUT2D eigenvalue weighted by molar-refractivity contribution is 5.78. The monoisotopic (exact) mass is 340 g/mol. The van der Waals surface area contributed by atoms with Crippen molar-refractivity contribution in [3.8, 4) is 0 Å². The van der Waals surface area contributed by atoms with Crippen molar-refractivity contribution in [1.82, 2.24) is 20.2 Å². The maximum Gasteiger partial charge on any atom is 0.251 e. The molecule has 0 spiro atoms. The van der Waals surface area contributed by atoms with Crippen LogP contribution in [-0.4, -0.2) is 47.0 Å². The van der Waals surface area contributed by atoms with E-state index in [0.717, 1.165) is 19.5 Å². The lowest BCUT2D eigenvalue weighted by molar-refractivity contribution is -0.122. The Morgan fingerprint density at radius 2 is 2.16 bits per heavy atom. The third-order valence-corrected chi connectivity index (χ3v) is 4.51. The van der Waals surface area contributed by atoms with Crippen LogP contribution in [0.25, 0.3) is 0 Å². The lowest BCUT2D eigenvalue weighted by Gasteiger charge is -2.16. The fourth-order valence-electron chi connectivity index (χ4n) is 3.31. The van der Waals surface area contributed by atoms with Gasteiger partial charge in [0.2, 0.25) is 5.91 Å². The number of amides is 1. The zero-order valence-electron chi connectivity index (χ0n) is 14.5. The standard InChI is InChI=1S/C19H24N4O2/c1-14-11-18(24)22-17(21-14)7-9-20-19(25)13-23-10-8-16(12-23)15-5-3-2-4-6-15/h2-6,11,16H,7-10,12-13H2,1H3,(H,20,25)(H,21,22,24)/t16-/m0/s1. The molecule has 1 aliphatic heterocycles. The van der Waals surface area contributed by atoms with Crippen LogP contribution in [0.1, 0.15) is 29.4 Å². The molecular formula is C19H24N4O2. The molecule has 2 aromatic rings. The zero-order chi connectivity index (χ0) is 17.6. The SMILES string of the molecule is Cc1cc(=O)[nH]c(CCNC(=O)CN2CC[C@H](c3ccccc3)C2)n1. The van der Waals surface area contributed by atoms with Crippen LogP contribution in [0.2, 0.25) is 0 Å². The van der Waals surface area contributed by atoms with E-state index in [0.29, 0.717) is 36.9 Å². The molecule has 0 aliphatic carbocycles. The highest BCUT2D eigenvalue weighted by Gasteiger charge is 2.24. The third-order valence-electron chi connectivity index (χ3n) is 4.51. The lowest BCUT2D eigenvalue weighted by Crippen LogP contribution is -2.37. The summed E-state index contributed by atoms with van der Waals surface area (Å²) < 4.78 is 0. The molecule has 1 amide bonds. The second-order valence-electron chi connectivity index (χ2n) is 6.56. The van der Waals surface area contributed by atoms with E-state index in [4.69, 9.17) is 0 Å². The quantitative estimate of drug-likeness (QED) is 0.829. The number of aromatic nitrogens is 2. The van der Waals surface area contributed by atoms with Crippen molar-refractivity contribution in [1.29, 1.82) is 0 Å². The maximum absolute atomic E-state index is 12.1. The Balaban J connectivity index is 1.42. The van der Waals surface area contributed by atoms with E-state index in [1.807, 2.05) is 6.07 Å². The molecule has 1 aliphatic rings. The summed E-state index contributed by atoms with van der Waals surface area (Å²) in [6, 6.07) is 11.9. The maximum atomic E-state index is 12.1. The molecule has 0 saturated carbocycles. The summed E-state index contributed by atoms with van der Waals surface area (Å²) in [5.41, 5.74) is 1.88. The van der Waals surface area contributed by atoms with Gasteiger partial charge in [0.25, 0.3) is 5.56 Å². The first-order valence-electron chi connectivity index (χ1n) is 8.71. The molecule has 1 aromatic carbocycles. The van der Waals surface area contributed by atoms with Gasteiger partial charge in [-0.05, 0) is 31.4 Å². The third kappa shape index (κ3) is 5.00. The number of H-pyrrole nitrogens is 1. The molecule has 25 heavy (non-hydrogen) atoms. The fraction of sp³-hybridized carbons (Fsp3) is 0.421. The van der Waals surface area contributed by atoms with E-state index < -0.39 is 0 Å². The number of rotatable bonds is 6. The van der Waals surface area contributed by atoms with Crippen LogP contribution in [-0.2, 0) is 11.2 Å². The Labute approximate surface area is 147 Å². The highest BCUT2D eigenvalue weighted by Crippen LogP contribution is 2.26. The van der Waals surface area contributed by atoms with Gasteiger partial charge >= 0.3 is 0 Å². The Hall–Kier alpha value is -2.47. The van der Waals surface area contributed by atoms with Crippen molar-refractivity contribution < 1.29 is 4.79 Å². The molecular weight excluding hydrogens is 316 g/mol. The molecule has 0 radical (unpaired) electrons. The van der Waals surface area contributed by atoms with Crippen molar-refractivity contribution in [2.45, 2.75) is 25.7 Å². The predicted molar refractivity (Wildman–Crippen MR) is 96.5 cm³/mol. The zero-order valence-corrected chi connectivity index (χ0v) is 14.5. The Morgan fingerprint density at radius 1 is 1.36 bits per heavy atom. The van der Waals surface area contributed by atoms with Crippen molar-refractivity contribution in [2.24, 2.45) is 0 Å². The van der Waals surface area contributed by atoms with E-state index in [1.54, 1.807) is 6.92 Å². The van der Waals surface area contributed by atoms with Crippen LogP contribution in [0.3, 0.4) is 0 Å². The normalized spacial score (nSPS) is 17.6. The number of carbonyl (C=O) groups excluding carboxylic acids is 1. The molecule has 1 saturated heterocycles. The summed E-state index contributed by atoms with van der Waals surface area (Å²) >= 11 is 0. The van der Waals surface area contributed by atoms with Gasteiger partial charge in [-0.2, -0.15) is 0 Å². The summed E-state index contributed by atoms with van der Waals surface area (Å²) in [7, 11) is 0. The summed E-state index contributed by atoms with van der Waals surface area (Å²) in [5, 5.41) is 2.91. The van der Waals surface area contributed by atoms with E-state index >= 15 is 0 Å². The molecule has 6 heteroatoms. The average molecular weight is 340 g/mol. The van der Waals surface area contributed by atoms with E-state index in [-0.39, 0.29) is 11.5 Å². The minimum absolute atomic E-state index is 0.0173. The number of aryl methyl sites for hydroxylation is 1. The number of likely N-dealkylation sites (tertiary alicyclic amines) is 1. The molecule has 6 nitrogen and oxygen atoms in total. The van der Waals surface area contributed by atoms with Gasteiger partial charge in [0.05, 0.1) is 6.54 Å². The molecule has 2 heterocycles. The molecule has 1 atom stereocenters. The summed E-state index contributed by atoms with van der Waals surface area (Å²) in [5.74, 6) is 1.13. The van der Waals surface area contributed by atoms with Gasteiger partial charge in [-0.15, -0.1) is 0 Å². The van der Waals surface area contributed by atoms with Gasteiger partial charge in [-0.3, -0.25) is 14.5 Å². The summed E-state index contributed by atoms with van der Waals surface area (Å²) in [6.07, 6.45) is 1.61. The van der Waals surface area contributed by atoms with Gasteiger partial charge in [-0.1, -0.05) is 30.3 Å². The Kier molecular flexibility index (Phi) is 5.60. The molecule has 3 rings (SSSR count). The van der Waals surface area contributed by atoms with Crippen LogP contribution in [0.5, 0.6) is 0 Å². The average Bonchev–Trinajstić information content (AvgIpc) is 3.03. The molecule has 0 bridgehead atoms. The van der Waals surface area contributed by atoms with Crippen molar-refractivity contribution in [2.75, 3.05) is 26.2 Å². The van der Waals surface area contributed by atoms with Crippen LogP contribution in [0.15, 0.2) is 41.2 Å². The van der Waals surface area contributed by atoms with Gasteiger partial charge in [-0.25, -0.2) is 4.98 Å². The summed E-state index contributed by atoms with van der Waals surface area (Å²) in [4.78, 5) is 32.7. The van der Waals surface area contributed by atoms with E-state index in [2.05, 4.69) is 44.5 Å². The minimum atomic E-state index is -0.155. The fourth-order valence-corrected chi connectivity index (χ4v) is 3.31. The van der Waals surface area contributed by atoms with Gasteiger partial charge in [0.15, 0.2) is 0 Å². The highest BCUT2D eigenvalue weighted by atomic mass is 16.2. The topological polar surface area (TPSA) is 78.1 Å². The first kappa shape index (κ1) is 17.4. The van der Waals surface area contributed by atoms with Gasteiger partial charge < -0.3 is 10.3 Å². The number of benzene rings is 1. The Morgan fingerprint density at radius 3 is 2.92 bits per heavy atom. The van der Waals surface area contributed by atoms with Gasteiger partial charge in [0, 0.05) is 31.3 Å². The van der Waals surface area contributed by atoms with Crippen LogP contribution >= 0.6 is 0 Å². The van der Waals surface area contributed by atoms with Crippen LogP contribution < -0.4 is 10.9 Å². The molecule has 132 valence electrons.